The zero-order chi connectivity index (χ0) is 22.4. The van der Waals surface area contributed by atoms with Gasteiger partial charge in [0, 0.05) is 17.9 Å². The van der Waals surface area contributed by atoms with Crippen molar-refractivity contribution in [2.75, 3.05) is 12.4 Å². The second kappa shape index (κ2) is 7.94. The second-order valence-electron chi connectivity index (χ2n) is 8.11. The third-order valence-corrected chi connectivity index (χ3v) is 6.53. The highest BCUT2D eigenvalue weighted by atomic mass is 32.1. The lowest BCUT2D eigenvalue weighted by atomic mass is 9.85. The molecule has 8 heteroatoms. The number of aryl methyl sites for hydroxylation is 1. The number of rotatable bonds is 5. The van der Waals surface area contributed by atoms with Gasteiger partial charge in [-0.25, -0.2) is 4.98 Å². The molecule has 2 aromatic heterocycles. The predicted octanol–water partition coefficient (Wildman–Crippen LogP) is 5.06. The number of nitrogens with one attached hydrogen (secondary N) is 1. The fourth-order valence-corrected chi connectivity index (χ4v) is 5.10. The minimum Gasteiger partial charge on any atom is -0.493 e. The van der Waals surface area contributed by atoms with Crippen LogP contribution in [0.5, 0.6) is 11.5 Å². The molecule has 4 aromatic rings. The number of para-hydroxylation sites is 1. The Morgan fingerprint density at radius 3 is 2.75 bits per heavy atom. The van der Waals surface area contributed by atoms with E-state index in [0.29, 0.717) is 23.7 Å². The maximum atomic E-state index is 12.7. The predicted molar refractivity (Wildman–Crippen MR) is 125 cm³/mol. The lowest BCUT2D eigenvalue weighted by molar-refractivity contribution is -0.116. The van der Waals surface area contributed by atoms with Crippen molar-refractivity contribution in [3.05, 3.63) is 59.3 Å². The minimum absolute atomic E-state index is 0.0381. The SMILES string of the molecule is COc1cc([C@@H]2CC(=O)Nc3c2c(C)nn3-c2nc3ccccc3s2)ccc1OC(C)C. The fraction of sp³-hybridized carbons (Fsp3) is 0.292. The number of amides is 1. The van der Waals surface area contributed by atoms with Crippen LogP contribution in [-0.2, 0) is 4.79 Å². The van der Waals surface area contributed by atoms with Crippen molar-refractivity contribution < 1.29 is 14.3 Å². The van der Waals surface area contributed by atoms with Crippen LogP contribution in [0.2, 0.25) is 0 Å². The normalized spacial score (nSPS) is 15.7. The molecule has 32 heavy (non-hydrogen) atoms. The zero-order valence-electron chi connectivity index (χ0n) is 18.4. The average Bonchev–Trinajstić information content (AvgIpc) is 3.34. The van der Waals surface area contributed by atoms with Crippen LogP contribution in [0.4, 0.5) is 5.82 Å². The molecule has 0 saturated carbocycles. The highest BCUT2D eigenvalue weighted by Gasteiger charge is 2.33. The average molecular weight is 449 g/mol. The van der Waals surface area contributed by atoms with Crippen LogP contribution in [0.3, 0.4) is 0 Å². The van der Waals surface area contributed by atoms with E-state index in [2.05, 4.69) is 5.32 Å². The van der Waals surface area contributed by atoms with E-state index in [4.69, 9.17) is 19.6 Å². The Kier molecular flexibility index (Phi) is 5.09. The summed E-state index contributed by atoms with van der Waals surface area (Å²) in [5.41, 5.74) is 3.77. The molecule has 164 valence electrons. The number of hydrogen-bond donors (Lipinski definition) is 1. The van der Waals surface area contributed by atoms with E-state index in [9.17, 15) is 4.79 Å². The van der Waals surface area contributed by atoms with Gasteiger partial charge in [0.1, 0.15) is 5.82 Å². The molecule has 3 heterocycles. The Morgan fingerprint density at radius 2 is 2.00 bits per heavy atom. The van der Waals surface area contributed by atoms with Gasteiger partial charge in [-0.1, -0.05) is 29.5 Å². The van der Waals surface area contributed by atoms with Crippen molar-refractivity contribution >= 4 is 33.3 Å². The van der Waals surface area contributed by atoms with Gasteiger partial charge in [0.05, 0.1) is 29.1 Å². The molecule has 0 unspecified atom stereocenters. The molecule has 2 aromatic carbocycles. The summed E-state index contributed by atoms with van der Waals surface area (Å²) in [6.45, 7) is 5.93. The third kappa shape index (κ3) is 3.50. The lowest BCUT2D eigenvalue weighted by Crippen LogP contribution is -2.25. The number of hydrogen-bond acceptors (Lipinski definition) is 6. The summed E-state index contributed by atoms with van der Waals surface area (Å²) in [7, 11) is 1.63. The highest BCUT2D eigenvalue weighted by Crippen LogP contribution is 2.43. The van der Waals surface area contributed by atoms with E-state index in [1.54, 1.807) is 23.1 Å². The quantitative estimate of drug-likeness (QED) is 0.462. The van der Waals surface area contributed by atoms with Crippen LogP contribution in [0.25, 0.3) is 15.3 Å². The van der Waals surface area contributed by atoms with E-state index >= 15 is 0 Å². The Morgan fingerprint density at radius 1 is 1.19 bits per heavy atom. The number of methoxy groups -OCH3 is 1. The first kappa shape index (κ1) is 20.5. The van der Waals surface area contributed by atoms with Crippen LogP contribution >= 0.6 is 11.3 Å². The first-order valence-electron chi connectivity index (χ1n) is 10.5. The van der Waals surface area contributed by atoms with Crippen LogP contribution in [0, 0.1) is 6.92 Å². The van der Waals surface area contributed by atoms with Crippen LogP contribution < -0.4 is 14.8 Å². The Labute approximate surface area is 190 Å². The number of benzene rings is 2. The van der Waals surface area contributed by atoms with E-state index in [1.807, 2.05) is 63.2 Å². The van der Waals surface area contributed by atoms with E-state index < -0.39 is 0 Å². The monoisotopic (exact) mass is 448 g/mol. The number of aromatic nitrogens is 3. The van der Waals surface area contributed by atoms with Gasteiger partial charge >= 0.3 is 0 Å². The standard InChI is InChI=1S/C24H24N4O3S/c1-13(2)31-18-10-9-15(11-19(18)30-4)16-12-21(29)26-23-22(16)14(3)27-28(23)24-25-17-7-5-6-8-20(17)32-24/h5-11,13,16H,12H2,1-4H3,(H,26,29)/t16-/m0/s1. The minimum atomic E-state index is -0.135. The topological polar surface area (TPSA) is 78.3 Å². The molecule has 7 nitrogen and oxygen atoms in total. The molecule has 1 atom stereocenters. The maximum Gasteiger partial charge on any atom is 0.226 e. The van der Waals surface area contributed by atoms with Gasteiger partial charge < -0.3 is 14.8 Å². The Balaban J connectivity index is 1.60. The van der Waals surface area contributed by atoms with Gasteiger partial charge in [0.25, 0.3) is 0 Å². The first-order chi connectivity index (χ1) is 15.4. The number of carbonyl (C=O) groups is 1. The van der Waals surface area contributed by atoms with Gasteiger partial charge in [-0.15, -0.1) is 0 Å². The fourth-order valence-electron chi connectivity index (χ4n) is 4.17. The number of fused-ring (bicyclic) bond motifs is 2. The molecule has 1 amide bonds. The molecule has 0 spiro atoms. The molecule has 1 N–H and O–H groups in total. The molecule has 0 fully saturated rings. The number of ether oxygens (including phenoxy) is 2. The van der Waals surface area contributed by atoms with Crippen molar-refractivity contribution in [3.63, 3.8) is 0 Å². The summed E-state index contributed by atoms with van der Waals surface area (Å²) in [5.74, 6) is 1.84. The third-order valence-electron chi connectivity index (χ3n) is 5.52. The molecule has 5 rings (SSSR count). The van der Waals surface area contributed by atoms with Gasteiger partial charge in [0.2, 0.25) is 11.0 Å². The molecular weight excluding hydrogens is 424 g/mol. The van der Waals surface area contributed by atoms with E-state index in [0.717, 1.165) is 32.2 Å². The lowest BCUT2D eigenvalue weighted by Gasteiger charge is -2.25. The van der Waals surface area contributed by atoms with Crippen molar-refractivity contribution in [1.29, 1.82) is 0 Å². The van der Waals surface area contributed by atoms with Gasteiger partial charge in [-0.05, 0) is 50.6 Å². The summed E-state index contributed by atoms with van der Waals surface area (Å²) < 4.78 is 14.3. The summed E-state index contributed by atoms with van der Waals surface area (Å²) in [5, 5.41) is 8.52. The Bertz CT molecular complexity index is 1290. The number of thiazole rings is 1. The summed E-state index contributed by atoms with van der Waals surface area (Å²) >= 11 is 1.55. The zero-order valence-corrected chi connectivity index (χ0v) is 19.2. The van der Waals surface area contributed by atoms with Crippen molar-refractivity contribution in [1.82, 2.24) is 14.8 Å². The smallest absolute Gasteiger partial charge is 0.226 e. The molecule has 1 aliphatic rings. The number of anilines is 1. The summed E-state index contributed by atoms with van der Waals surface area (Å²) in [6.07, 6.45) is 0.378. The molecule has 0 saturated heterocycles. The molecular formula is C24H24N4O3S. The second-order valence-corrected chi connectivity index (χ2v) is 9.11. The first-order valence-corrected chi connectivity index (χ1v) is 11.4. The van der Waals surface area contributed by atoms with E-state index in [-0.39, 0.29) is 17.9 Å². The van der Waals surface area contributed by atoms with Gasteiger partial charge in [0.15, 0.2) is 11.5 Å². The van der Waals surface area contributed by atoms with Crippen LogP contribution in [-0.4, -0.2) is 33.9 Å². The maximum absolute atomic E-state index is 12.7. The van der Waals surface area contributed by atoms with Crippen LogP contribution in [0.15, 0.2) is 42.5 Å². The van der Waals surface area contributed by atoms with Crippen molar-refractivity contribution in [2.45, 2.75) is 39.2 Å². The van der Waals surface area contributed by atoms with Gasteiger partial charge in [-0.2, -0.15) is 9.78 Å². The van der Waals surface area contributed by atoms with Crippen LogP contribution in [0.1, 0.15) is 43.0 Å². The molecule has 0 aliphatic carbocycles. The van der Waals surface area contributed by atoms with E-state index in [1.165, 1.54) is 0 Å². The van der Waals surface area contributed by atoms with Crippen molar-refractivity contribution in [2.24, 2.45) is 0 Å². The molecule has 0 radical (unpaired) electrons. The Hall–Kier alpha value is -3.39. The summed E-state index contributed by atoms with van der Waals surface area (Å²) in [4.78, 5) is 17.4. The highest BCUT2D eigenvalue weighted by molar-refractivity contribution is 7.20. The van der Waals surface area contributed by atoms with Crippen molar-refractivity contribution in [3.8, 4) is 16.6 Å². The van der Waals surface area contributed by atoms with Gasteiger partial charge in [-0.3, -0.25) is 4.79 Å². The summed E-state index contributed by atoms with van der Waals surface area (Å²) in [6, 6.07) is 13.8. The largest absolute Gasteiger partial charge is 0.493 e. The number of nitrogens with zero attached hydrogens (tertiary/aromatic N) is 3. The molecule has 1 aliphatic heterocycles. The number of carbonyl (C=O) groups excluding carboxylic acids is 1. The molecule has 0 bridgehead atoms.